The number of rotatable bonds is 8. The zero-order valence-electron chi connectivity index (χ0n) is 24.8. The SMILES string of the molecule is C=COc1cc2c(cc1Oc1ccnc(C(=O)NCI)c1)N=C(Nc1ccc(C)c(C3=C/CC/C=C/C=C\3)c1)C1C(C)C1C2. The minimum Gasteiger partial charge on any atom is -0.462 e. The molecular formula is C36H35IN4O3. The van der Waals surface area contributed by atoms with E-state index >= 15 is 0 Å². The van der Waals surface area contributed by atoms with Gasteiger partial charge >= 0.3 is 0 Å². The minimum atomic E-state index is -0.263. The highest BCUT2D eigenvalue weighted by molar-refractivity contribution is 14.1. The highest BCUT2D eigenvalue weighted by Crippen LogP contribution is 2.53. The van der Waals surface area contributed by atoms with Gasteiger partial charge in [-0.1, -0.05) is 72.5 Å². The van der Waals surface area contributed by atoms with Gasteiger partial charge in [0.1, 0.15) is 17.3 Å². The third-order valence-corrected chi connectivity index (χ3v) is 8.77. The number of ether oxygens (including phenoxy) is 2. The number of hydrogen-bond donors (Lipinski definition) is 2. The Labute approximate surface area is 272 Å². The van der Waals surface area contributed by atoms with Crippen molar-refractivity contribution in [2.75, 3.05) is 9.87 Å². The molecule has 2 aliphatic carbocycles. The molecule has 44 heavy (non-hydrogen) atoms. The molecule has 0 spiro atoms. The van der Waals surface area contributed by atoms with Gasteiger partial charge in [-0.3, -0.25) is 9.78 Å². The average molecular weight is 699 g/mol. The van der Waals surface area contributed by atoms with E-state index in [0.29, 0.717) is 39.6 Å². The number of amides is 1. The number of halogens is 1. The Morgan fingerprint density at radius 3 is 2.86 bits per heavy atom. The number of benzene rings is 2. The number of nitrogens with one attached hydrogen (secondary N) is 2. The normalized spacial score (nSPS) is 22.7. The summed E-state index contributed by atoms with van der Waals surface area (Å²) in [6.07, 6.45) is 16.8. The Kier molecular flexibility index (Phi) is 8.97. The molecule has 8 heteroatoms. The van der Waals surface area contributed by atoms with Crippen molar-refractivity contribution < 1.29 is 14.3 Å². The highest BCUT2D eigenvalue weighted by Gasteiger charge is 2.51. The van der Waals surface area contributed by atoms with Gasteiger partial charge in [-0.05, 0) is 84.6 Å². The number of pyridine rings is 1. The molecule has 3 atom stereocenters. The predicted molar refractivity (Wildman–Crippen MR) is 185 cm³/mol. The molecule has 3 unspecified atom stereocenters. The van der Waals surface area contributed by atoms with Crippen molar-refractivity contribution in [1.82, 2.24) is 10.3 Å². The summed E-state index contributed by atoms with van der Waals surface area (Å²) in [5, 5.41) is 6.46. The molecule has 2 N–H and O–H groups in total. The Balaban J connectivity index is 1.33. The summed E-state index contributed by atoms with van der Waals surface area (Å²) in [4.78, 5) is 21.7. The summed E-state index contributed by atoms with van der Waals surface area (Å²) in [6, 6.07) is 13.8. The third kappa shape index (κ3) is 6.50. The smallest absolute Gasteiger partial charge is 0.270 e. The van der Waals surface area contributed by atoms with Crippen molar-refractivity contribution >= 4 is 51.3 Å². The molecule has 0 saturated heterocycles. The molecule has 1 saturated carbocycles. The van der Waals surface area contributed by atoms with Crippen molar-refractivity contribution in [3.05, 3.63) is 114 Å². The van der Waals surface area contributed by atoms with E-state index in [1.807, 2.05) is 12.1 Å². The Bertz CT molecular complexity index is 1720. The van der Waals surface area contributed by atoms with E-state index in [0.717, 1.165) is 42.0 Å². The van der Waals surface area contributed by atoms with E-state index in [-0.39, 0.29) is 11.6 Å². The van der Waals surface area contributed by atoms with Gasteiger partial charge in [0.2, 0.25) is 0 Å². The van der Waals surface area contributed by atoms with Gasteiger partial charge in [-0.25, -0.2) is 4.99 Å². The van der Waals surface area contributed by atoms with Crippen LogP contribution in [0.3, 0.4) is 0 Å². The monoisotopic (exact) mass is 698 g/mol. The van der Waals surface area contributed by atoms with Crippen LogP contribution in [0, 0.1) is 24.7 Å². The van der Waals surface area contributed by atoms with Gasteiger partial charge in [0.15, 0.2) is 11.5 Å². The summed E-state index contributed by atoms with van der Waals surface area (Å²) in [5.74, 6) is 3.54. The number of fused-ring (bicyclic) bond motifs is 2. The summed E-state index contributed by atoms with van der Waals surface area (Å²) < 4.78 is 12.5. The van der Waals surface area contributed by atoms with Crippen LogP contribution < -0.4 is 20.1 Å². The van der Waals surface area contributed by atoms with Crippen LogP contribution in [0.5, 0.6) is 17.2 Å². The molecular weight excluding hydrogens is 663 g/mol. The van der Waals surface area contributed by atoms with Gasteiger partial charge in [0.05, 0.1) is 16.5 Å². The number of nitrogens with zero attached hydrogens (tertiary/aromatic N) is 2. The van der Waals surface area contributed by atoms with Gasteiger partial charge in [0, 0.05) is 29.9 Å². The van der Waals surface area contributed by atoms with Crippen LogP contribution in [0.25, 0.3) is 5.57 Å². The lowest BCUT2D eigenvalue weighted by atomic mass is 9.97. The fourth-order valence-corrected chi connectivity index (χ4v) is 6.32. The molecule has 1 aromatic heterocycles. The minimum absolute atomic E-state index is 0.263. The highest BCUT2D eigenvalue weighted by atomic mass is 127. The maximum atomic E-state index is 12.3. The zero-order chi connectivity index (χ0) is 30.6. The fraction of sp³-hybridized carbons (Fsp3) is 0.250. The Morgan fingerprint density at radius 2 is 2.02 bits per heavy atom. The van der Waals surface area contributed by atoms with Crippen LogP contribution >= 0.6 is 22.6 Å². The predicted octanol–water partition coefficient (Wildman–Crippen LogP) is 8.70. The van der Waals surface area contributed by atoms with Gasteiger partial charge in [0.25, 0.3) is 5.91 Å². The summed E-state index contributed by atoms with van der Waals surface area (Å²) in [7, 11) is 0. The summed E-state index contributed by atoms with van der Waals surface area (Å²) >= 11 is 2.08. The van der Waals surface area contributed by atoms with Gasteiger partial charge in [-0.15, -0.1) is 0 Å². The molecule has 0 radical (unpaired) electrons. The molecule has 1 fully saturated rings. The molecule has 1 amide bonds. The van der Waals surface area contributed by atoms with E-state index in [1.165, 1.54) is 23.0 Å². The van der Waals surface area contributed by atoms with Crippen molar-refractivity contribution in [1.29, 1.82) is 0 Å². The molecule has 3 aliphatic rings. The number of amidine groups is 1. The number of carbonyl (C=O) groups excluding carboxylic acids is 1. The van der Waals surface area contributed by atoms with Gasteiger partial charge < -0.3 is 20.1 Å². The van der Waals surface area contributed by atoms with Gasteiger partial charge in [-0.2, -0.15) is 0 Å². The lowest BCUT2D eigenvalue weighted by Crippen LogP contribution is -2.22. The van der Waals surface area contributed by atoms with E-state index in [9.17, 15) is 4.79 Å². The summed E-state index contributed by atoms with van der Waals surface area (Å²) in [6.45, 7) is 8.21. The van der Waals surface area contributed by atoms with Crippen LogP contribution in [-0.4, -0.2) is 21.3 Å². The molecule has 2 aromatic carbocycles. The zero-order valence-corrected chi connectivity index (χ0v) is 27.0. The Morgan fingerprint density at radius 1 is 1.14 bits per heavy atom. The van der Waals surface area contributed by atoms with E-state index < -0.39 is 0 Å². The number of carbonyl (C=O) groups is 1. The second-order valence-electron chi connectivity index (χ2n) is 11.3. The fourth-order valence-electron chi connectivity index (χ4n) is 5.97. The molecule has 3 aromatic rings. The van der Waals surface area contributed by atoms with Crippen molar-refractivity contribution in [2.45, 2.75) is 33.1 Å². The van der Waals surface area contributed by atoms with E-state index in [1.54, 1.807) is 18.3 Å². The molecule has 6 rings (SSSR count). The number of aliphatic imine (C=N–C) groups is 1. The van der Waals surface area contributed by atoms with Crippen LogP contribution in [0.1, 0.15) is 46.9 Å². The number of alkyl halides is 1. The number of allylic oxidation sites excluding steroid dienone is 6. The van der Waals surface area contributed by atoms with E-state index in [2.05, 4.69) is 107 Å². The third-order valence-electron chi connectivity index (χ3n) is 8.39. The molecule has 0 bridgehead atoms. The maximum absolute atomic E-state index is 12.3. The maximum Gasteiger partial charge on any atom is 0.270 e. The standard InChI is InChI=1S/C36H35IN4O3/c1-4-43-32-17-25-16-29-23(3)34(29)35(40-26-13-12-22(2)28(18-26)24-10-8-6-5-7-9-11-24)41-30(25)20-33(32)44-27-14-15-38-31(19-27)36(42)39-21-37/h4-6,8,10-15,17-20,23,29,34H,1,7,9,16,21H2,2-3H3,(H,39,42)(H,40,41)/b6-5+,10-8-,24-11+. The topological polar surface area (TPSA) is 84.8 Å². The average Bonchev–Trinajstić information content (AvgIpc) is 3.67. The van der Waals surface area contributed by atoms with Crippen molar-refractivity contribution in [3.8, 4) is 17.2 Å². The van der Waals surface area contributed by atoms with E-state index in [4.69, 9.17) is 14.5 Å². The number of hydrogen-bond acceptors (Lipinski definition) is 6. The first-order valence-electron chi connectivity index (χ1n) is 14.9. The molecule has 224 valence electrons. The lowest BCUT2D eigenvalue weighted by molar-refractivity contribution is 0.0956. The first-order valence-corrected chi connectivity index (χ1v) is 16.4. The van der Waals surface area contributed by atoms with Crippen molar-refractivity contribution in [2.24, 2.45) is 22.7 Å². The lowest BCUT2D eigenvalue weighted by Gasteiger charge is -2.16. The van der Waals surface area contributed by atoms with Crippen LogP contribution in [-0.2, 0) is 6.42 Å². The van der Waals surface area contributed by atoms with Crippen LogP contribution in [0.4, 0.5) is 11.4 Å². The van der Waals surface area contributed by atoms with Crippen LogP contribution in [0.2, 0.25) is 0 Å². The largest absolute Gasteiger partial charge is 0.462 e. The number of aromatic nitrogens is 1. The molecule has 2 heterocycles. The first kappa shape index (κ1) is 29.9. The first-order chi connectivity index (χ1) is 21.4. The van der Waals surface area contributed by atoms with Crippen LogP contribution in [0.15, 0.2) is 96.9 Å². The second kappa shape index (κ2) is 13.2. The Hall–Kier alpha value is -4.18. The molecule has 1 aliphatic heterocycles. The molecule has 7 nitrogen and oxygen atoms in total. The number of anilines is 1. The summed E-state index contributed by atoms with van der Waals surface area (Å²) in [5.41, 5.74) is 6.94. The van der Waals surface area contributed by atoms with Crippen molar-refractivity contribution in [3.63, 3.8) is 0 Å². The number of aryl methyl sites for hydroxylation is 1. The second-order valence-corrected chi connectivity index (χ2v) is 12.0. The quantitative estimate of drug-likeness (QED) is 0.106.